The number of hydrogen-bond acceptors (Lipinski definition) is 6. The second-order valence-electron chi connectivity index (χ2n) is 8.02. The first kappa shape index (κ1) is 26.6. The first-order valence-corrected chi connectivity index (χ1v) is 13.1. The summed E-state index contributed by atoms with van der Waals surface area (Å²) in [6.45, 7) is 1.49. The van der Waals surface area contributed by atoms with Crippen LogP contribution in [0.3, 0.4) is 0 Å². The third-order valence-electron chi connectivity index (χ3n) is 5.44. The second-order valence-corrected chi connectivity index (χ2v) is 9.84. The molecule has 192 valence electrons. The lowest BCUT2D eigenvalue weighted by Gasteiger charge is -2.16. The number of carboxylic acid groups (broad SMARTS) is 1. The molecule has 0 amide bonds. The van der Waals surface area contributed by atoms with E-state index < -0.39 is 24.3 Å². The molecule has 37 heavy (non-hydrogen) atoms. The molecule has 4 aromatic rings. The molecular formula is C27H22F3NO4S2. The predicted octanol–water partition coefficient (Wildman–Crippen LogP) is 7.57. The first-order chi connectivity index (χ1) is 17.6. The van der Waals surface area contributed by atoms with Crippen LogP contribution in [0.25, 0.3) is 22.4 Å². The van der Waals surface area contributed by atoms with E-state index in [0.29, 0.717) is 33.3 Å². The van der Waals surface area contributed by atoms with Crippen molar-refractivity contribution >= 4 is 29.1 Å². The first-order valence-electron chi connectivity index (χ1n) is 11.0. The second kappa shape index (κ2) is 11.3. The standard InChI is InChI=1S/C27H22F3NO4S2/c1-16-11-24(21(12-23(16)35-14-26(32)33)17-5-9-20(36-2)10-6-17)34-13-25-31-22(15-37-25)18-3-7-19(8-4-18)27(28,29)30/h3-12,15H,13-14H2,1-2H3,(H,32,33). The van der Waals surface area contributed by atoms with Crippen molar-refractivity contribution in [2.75, 3.05) is 12.9 Å². The molecule has 0 aliphatic rings. The lowest BCUT2D eigenvalue weighted by molar-refractivity contribution is -0.139. The summed E-state index contributed by atoms with van der Waals surface area (Å²) in [6, 6.07) is 16.3. The van der Waals surface area contributed by atoms with Gasteiger partial charge in [0.1, 0.15) is 23.1 Å². The molecule has 0 radical (unpaired) electrons. The van der Waals surface area contributed by atoms with Crippen molar-refractivity contribution in [2.45, 2.75) is 24.6 Å². The van der Waals surface area contributed by atoms with Crippen molar-refractivity contribution in [3.05, 3.63) is 82.2 Å². The summed E-state index contributed by atoms with van der Waals surface area (Å²) in [5.74, 6) is -0.0564. The third kappa shape index (κ3) is 6.64. The number of carbonyl (C=O) groups is 1. The lowest BCUT2D eigenvalue weighted by atomic mass is 10.0. The molecule has 4 rings (SSSR count). The van der Waals surface area contributed by atoms with Crippen LogP contribution >= 0.6 is 23.1 Å². The largest absolute Gasteiger partial charge is 0.486 e. The van der Waals surface area contributed by atoms with Crippen LogP contribution in [0.5, 0.6) is 11.5 Å². The van der Waals surface area contributed by atoms with Crippen molar-refractivity contribution in [1.29, 1.82) is 0 Å². The molecule has 0 unspecified atom stereocenters. The number of aliphatic carboxylic acids is 1. The number of rotatable bonds is 9. The molecule has 0 saturated carbocycles. The van der Waals surface area contributed by atoms with Crippen molar-refractivity contribution < 1.29 is 32.5 Å². The van der Waals surface area contributed by atoms with Gasteiger partial charge in [-0.1, -0.05) is 24.3 Å². The highest BCUT2D eigenvalue weighted by Crippen LogP contribution is 2.38. The Labute approximate surface area is 219 Å². The zero-order chi connectivity index (χ0) is 26.6. The van der Waals surface area contributed by atoms with Gasteiger partial charge in [0.25, 0.3) is 0 Å². The van der Waals surface area contributed by atoms with Crippen molar-refractivity contribution in [3.8, 4) is 33.9 Å². The number of halogens is 3. The third-order valence-corrected chi connectivity index (χ3v) is 7.01. The summed E-state index contributed by atoms with van der Waals surface area (Å²) in [6.07, 6.45) is -2.40. The molecule has 0 aliphatic heterocycles. The summed E-state index contributed by atoms with van der Waals surface area (Å²) in [4.78, 5) is 16.6. The van der Waals surface area contributed by atoms with E-state index in [4.69, 9.17) is 14.6 Å². The van der Waals surface area contributed by atoms with Gasteiger partial charge < -0.3 is 14.6 Å². The topological polar surface area (TPSA) is 68.7 Å². The van der Waals surface area contributed by atoms with E-state index in [2.05, 4.69) is 4.98 Å². The van der Waals surface area contributed by atoms with Crippen molar-refractivity contribution in [3.63, 3.8) is 0 Å². The average molecular weight is 546 g/mol. The Morgan fingerprint density at radius 3 is 2.30 bits per heavy atom. The minimum Gasteiger partial charge on any atom is -0.486 e. The molecular weight excluding hydrogens is 523 g/mol. The van der Waals surface area contributed by atoms with Gasteiger partial charge in [-0.2, -0.15) is 13.2 Å². The van der Waals surface area contributed by atoms with Crippen LogP contribution in [-0.2, 0) is 17.6 Å². The SMILES string of the molecule is CSc1ccc(-c2cc(OCC(=O)O)c(C)cc2OCc2nc(-c3ccc(C(F)(F)F)cc3)cs2)cc1. The molecule has 1 heterocycles. The van der Waals surface area contributed by atoms with Crippen LogP contribution in [0, 0.1) is 6.92 Å². The van der Waals surface area contributed by atoms with Gasteiger partial charge in [-0.25, -0.2) is 9.78 Å². The monoisotopic (exact) mass is 545 g/mol. The number of thioether (sulfide) groups is 1. The van der Waals surface area contributed by atoms with Gasteiger partial charge in [-0.15, -0.1) is 23.1 Å². The number of ether oxygens (including phenoxy) is 2. The molecule has 10 heteroatoms. The summed E-state index contributed by atoms with van der Waals surface area (Å²) < 4.78 is 50.1. The van der Waals surface area contributed by atoms with E-state index in [1.165, 1.54) is 23.5 Å². The van der Waals surface area contributed by atoms with Crippen LogP contribution in [0.1, 0.15) is 16.1 Å². The quantitative estimate of drug-likeness (QED) is 0.219. The summed E-state index contributed by atoms with van der Waals surface area (Å²) in [5, 5.41) is 11.4. The van der Waals surface area contributed by atoms with E-state index in [1.807, 2.05) is 30.5 Å². The highest BCUT2D eigenvalue weighted by Gasteiger charge is 2.30. The molecule has 0 fully saturated rings. The van der Waals surface area contributed by atoms with Crippen molar-refractivity contribution in [1.82, 2.24) is 4.98 Å². The van der Waals surface area contributed by atoms with E-state index in [-0.39, 0.29) is 6.61 Å². The van der Waals surface area contributed by atoms with Gasteiger partial charge in [0, 0.05) is 21.4 Å². The fourth-order valence-corrected chi connectivity index (χ4v) is 4.67. The van der Waals surface area contributed by atoms with E-state index in [9.17, 15) is 18.0 Å². The molecule has 1 N–H and O–H groups in total. The van der Waals surface area contributed by atoms with Crippen LogP contribution in [0.2, 0.25) is 0 Å². The fourth-order valence-electron chi connectivity index (χ4n) is 3.55. The number of thiazole rings is 1. The number of aromatic nitrogens is 1. The minimum absolute atomic E-state index is 0.149. The summed E-state index contributed by atoms with van der Waals surface area (Å²) in [5.41, 5.74) is 2.76. The van der Waals surface area contributed by atoms with Gasteiger partial charge in [0.05, 0.1) is 11.3 Å². The number of carboxylic acids is 1. The van der Waals surface area contributed by atoms with Gasteiger partial charge in [0.15, 0.2) is 6.61 Å². The highest BCUT2D eigenvalue weighted by atomic mass is 32.2. The Bertz CT molecular complexity index is 1380. The lowest BCUT2D eigenvalue weighted by Crippen LogP contribution is -2.10. The Morgan fingerprint density at radius 2 is 1.68 bits per heavy atom. The van der Waals surface area contributed by atoms with E-state index in [1.54, 1.807) is 36.2 Å². The average Bonchev–Trinajstić information content (AvgIpc) is 3.35. The normalized spacial score (nSPS) is 11.4. The Kier molecular flexibility index (Phi) is 8.09. The number of benzene rings is 3. The highest BCUT2D eigenvalue weighted by molar-refractivity contribution is 7.98. The fraction of sp³-hybridized carbons (Fsp3) is 0.185. The van der Waals surface area contributed by atoms with Crippen LogP contribution in [-0.4, -0.2) is 28.9 Å². The maximum absolute atomic E-state index is 12.8. The molecule has 0 saturated heterocycles. The van der Waals surface area contributed by atoms with Gasteiger partial charge in [-0.05, 0) is 60.7 Å². The molecule has 1 aromatic heterocycles. The maximum Gasteiger partial charge on any atom is 0.416 e. The number of hydrogen-bond donors (Lipinski definition) is 1. The smallest absolute Gasteiger partial charge is 0.416 e. The van der Waals surface area contributed by atoms with E-state index in [0.717, 1.165) is 28.2 Å². The van der Waals surface area contributed by atoms with Crippen LogP contribution in [0.15, 0.2) is 70.9 Å². The molecule has 5 nitrogen and oxygen atoms in total. The molecule has 0 spiro atoms. The molecule has 3 aromatic carbocycles. The van der Waals surface area contributed by atoms with Gasteiger partial charge >= 0.3 is 12.1 Å². The summed E-state index contributed by atoms with van der Waals surface area (Å²) >= 11 is 2.97. The van der Waals surface area contributed by atoms with E-state index >= 15 is 0 Å². The Hall–Kier alpha value is -3.50. The molecule has 0 aliphatic carbocycles. The number of nitrogens with zero attached hydrogens (tertiary/aromatic N) is 1. The van der Waals surface area contributed by atoms with Crippen LogP contribution in [0.4, 0.5) is 13.2 Å². The summed E-state index contributed by atoms with van der Waals surface area (Å²) in [7, 11) is 0. The molecule has 0 bridgehead atoms. The Balaban J connectivity index is 1.57. The van der Waals surface area contributed by atoms with Crippen LogP contribution < -0.4 is 9.47 Å². The predicted molar refractivity (Wildman–Crippen MR) is 138 cm³/mol. The minimum atomic E-state index is -4.39. The number of alkyl halides is 3. The zero-order valence-electron chi connectivity index (χ0n) is 19.8. The maximum atomic E-state index is 12.8. The zero-order valence-corrected chi connectivity index (χ0v) is 21.5. The number of aryl methyl sites for hydroxylation is 1. The van der Waals surface area contributed by atoms with Crippen molar-refractivity contribution in [2.24, 2.45) is 0 Å². The Morgan fingerprint density at radius 1 is 1.00 bits per heavy atom. The molecule has 0 atom stereocenters. The van der Waals surface area contributed by atoms with Gasteiger partial charge in [-0.3, -0.25) is 0 Å². The van der Waals surface area contributed by atoms with Gasteiger partial charge in [0.2, 0.25) is 0 Å².